The molecule has 3 nitrogen and oxygen atoms in total. The number of hydrogen-bond acceptors (Lipinski definition) is 3. The minimum absolute atomic E-state index is 0.00661. The Morgan fingerprint density at radius 3 is 2.62 bits per heavy atom. The van der Waals surface area contributed by atoms with Gasteiger partial charge in [-0.2, -0.15) is 0 Å². The molecule has 0 atom stereocenters. The van der Waals surface area contributed by atoms with Crippen LogP contribution in [0.3, 0.4) is 0 Å². The second-order valence-electron chi connectivity index (χ2n) is 3.76. The monoisotopic (exact) mass is 234 g/mol. The summed E-state index contributed by atoms with van der Waals surface area (Å²) in [6.45, 7) is 3.60. The smallest absolute Gasteiger partial charge is 0.304 e. The van der Waals surface area contributed by atoms with Crippen molar-refractivity contribution in [2.75, 3.05) is 0 Å². The van der Waals surface area contributed by atoms with Gasteiger partial charge in [0.2, 0.25) is 0 Å². The first kappa shape index (κ1) is 11.1. The van der Waals surface area contributed by atoms with Crippen molar-refractivity contribution in [1.29, 1.82) is 0 Å². The predicted octanol–water partition coefficient (Wildman–Crippen LogP) is 2.03. The molecule has 0 bridgehead atoms. The Kier molecular flexibility index (Phi) is 3.54. The Morgan fingerprint density at radius 1 is 1.25 bits per heavy atom. The van der Waals surface area contributed by atoms with Crippen LogP contribution in [0.25, 0.3) is 0 Å². The summed E-state index contributed by atoms with van der Waals surface area (Å²) in [7, 11) is 0. The molecule has 2 aromatic rings. The molecular formula is C12H14N2OS. The molecule has 84 valence electrons. The second kappa shape index (κ2) is 5.09. The topological polar surface area (TPSA) is 44.9 Å². The van der Waals surface area contributed by atoms with E-state index >= 15 is 0 Å². The SMILES string of the molecule is Cc1ccc(CNCc2csc(=O)[nH]2)cc1. The maximum Gasteiger partial charge on any atom is 0.304 e. The lowest BCUT2D eigenvalue weighted by atomic mass is 10.1. The van der Waals surface area contributed by atoms with Crippen LogP contribution in [0.1, 0.15) is 16.8 Å². The first-order valence-corrected chi connectivity index (χ1v) is 6.05. The number of H-pyrrole nitrogens is 1. The van der Waals surface area contributed by atoms with Crippen LogP contribution in [0.15, 0.2) is 34.4 Å². The van der Waals surface area contributed by atoms with E-state index in [4.69, 9.17) is 0 Å². The highest BCUT2D eigenvalue weighted by Crippen LogP contribution is 2.03. The van der Waals surface area contributed by atoms with Crippen LogP contribution in [0.2, 0.25) is 0 Å². The molecule has 4 heteroatoms. The van der Waals surface area contributed by atoms with Gasteiger partial charge in [-0.05, 0) is 12.5 Å². The van der Waals surface area contributed by atoms with Crippen molar-refractivity contribution in [3.05, 3.63) is 56.1 Å². The Hall–Kier alpha value is -1.39. The van der Waals surface area contributed by atoms with Crippen LogP contribution in [0.4, 0.5) is 0 Å². The number of nitrogens with one attached hydrogen (secondary N) is 2. The highest BCUT2D eigenvalue weighted by molar-refractivity contribution is 7.07. The zero-order valence-electron chi connectivity index (χ0n) is 9.12. The molecule has 0 aliphatic rings. The lowest BCUT2D eigenvalue weighted by Crippen LogP contribution is -2.13. The summed E-state index contributed by atoms with van der Waals surface area (Å²) < 4.78 is 0. The third kappa shape index (κ3) is 3.05. The van der Waals surface area contributed by atoms with Crippen molar-refractivity contribution in [3.63, 3.8) is 0 Å². The largest absolute Gasteiger partial charge is 0.315 e. The van der Waals surface area contributed by atoms with E-state index in [1.54, 1.807) is 0 Å². The van der Waals surface area contributed by atoms with Crippen molar-refractivity contribution in [3.8, 4) is 0 Å². The van der Waals surface area contributed by atoms with Crippen molar-refractivity contribution in [2.24, 2.45) is 0 Å². The number of aryl methyl sites for hydroxylation is 1. The molecule has 1 aromatic carbocycles. The van der Waals surface area contributed by atoms with Gasteiger partial charge >= 0.3 is 4.87 Å². The van der Waals surface area contributed by atoms with Crippen LogP contribution < -0.4 is 10.2 Å². The molecule has 0 unspecified atom stereocenters. The quantitative estimate of drug-likeness (QED) is 0.850. The van der Waals surface area contributed by atoms with E-state index in [0.717, 1.165) is 12.2 Å². The van der Waals surface area contributed by atoms with Gasteiger partial charge in [-0.25, -0.2) is 0 Å². The van der Waals surface area contributed by atoms with Crippen LogP contribution in [-0.2, 0) is 13.1 Å². The van der Waals surface area contributed by atoms with Gasteiger partial charge in [0, 0.05) is 24.2 Å². The number of hydrogen-bond donors (Lipinski definition) is 2. The molecular weight excluding hydrogens is 220 g/mol. The van der Waals surface area contributed by atoms with Gasteiger partial charge in [-0.15, -0.1) is 0 Å². The van der Waals surface area contributed by atoms with Gasteiger partial charge in [-0.1, -0.05) is 41.2 Å². The average Bonchev–Trinajstić information content (AvgIpc) is 2.67. The summed E-state index contributed by atoms with van der Waals surface area (Å²) in [6.07, 6.45) is 0. The molecule has 0 aliphatic carbocycles. The fraction of sp³-hybridized carbons (Fsp3) is 0.250. The summed E-state index contributed by atoms with van der Waals surface area (Å²) >= 11 is 1.20. The maximum atomic E-state index is 10.9. The molecule has 16 heavy (non-hydrogen) atoms. The predicted molar refractivity (Wildman–Crippen MR) is 66.7 cm³/mol. The molecule has 0 fully saturated rings. The first-order chi connectivity index (χ1) is 7.74. The maximum absolute atomic E-state index is 10.9. The number of benzene rings is 1. The molecule has 0 aliphatic heterocycles. The highest BCUT2D eigenvalue weighted by atomic mass is 32.1. The minimum Gasteiger partial charge on any atom is -0.315 e. The van der Waals surface area contributed by atoms with Crippen LogP contribution in [-0.4, -0.2) is 4.98 Å². The van der Waals surface area contributed by atoms with E-state index in [9.17, 15) is 4.79 Å². The van der Waals surface area contributed by atoms with E-state index in [1.807, 2.05) is 5.38 Å². The summed E-state index contributed by atoms with van der Waals surface area (Å²) in [5.41, 5.74) is 3.47. The molecule has 0 saturated heterocycles. The summed E-state index contributed by atoms with van der Waals surface area (Å²) in [4.78, 5) is 13.7. The lowest BCUT2D eigenvalue weighted by molar-refractivity contribution is 0.681. The van der Waals surface area contributed by atoms with E-state index < -0.39 is 0 Å². The zero-order chi connectivity index (χ0) is 11.4. The first-order valence-electron chi connectivity index (χ1n) is 5.17. The summed E-state index contributed by atoms with van der Waals surface area (Å²) in [6, 6.07) is 8.42. The molecule has 0 amide bonds. The number of aromatic nitrogens is 1. The minimum atomic E-state index is 0.00661. The molecule has 2 rings (SSSR count). The number of rotatable bonds is 4. The zero-order valence-corrected chi connectivity index (χ0v) is 9.93. The molecule has 2 N–H and O–H groups in total. The van der Waals surface area contributed by atoms with Gasteiger partial charge in [-0.3, -0.25) is 4.79 Å². The van der Waals surface area contributed by atoms with E-state index in [2.05, 4.69) is 41.5 Å². The fourth-order valence-corrected chi connectivity index (χ4v) is 2.03. The third-order valence-corrected chi connectivity index (χ3v) is 3.05. The van der Waals surface area contributed by atoms with E-state index in [0.29, 0.717) is 6.54 Å². The number of aromatic amines is 1. The van der Waals surface area contributed by atoms with E-state index in [-0.39, 0.29) is 4.87 Å². The van der Waals surface area contributed by atoms with Crippen molar-refractivity contribution >= 4 is 11.3 Å². The van der Waals surface area contributed by atoms with Gasteiger partial charge in [0.15, 0.2) is 0 Å². The molecule has 0 saturated carbocycles. The molecule has 1 aromatic heterocycles. The molecule has 0 radical (unpaired) electrons. The Morgan fingerprint density at radius 2 is 2.00 bits per heavy atom. The highest BCUT2D eigenvalue weighted by Gasteiger charge is 1.96. The Balaban J connectivity index is 1.84. The van der Waals surface area contributed by atoms with Crippen LogP contribution in [0, 0.1) is 6.92 Å². The number of thiazole rings is 1. The standard InChI is InChI=1S/C12H14N2OS/c1-9-2-4-10(5-3-9)6-13-7-11-8-16-12(15)14-11/h2-5,8,13H,6-7H2,1H3,(H,14,15). The van der Waals surface area contributed by atoms with Crippen molar-refractivity contribution < 1.29 is 0 Å². The Labute approximate surface area is 98.2 Å². The van der Waals surface area contributed by atoms with Crippen molar-refractivity contribution in [1.82, 2.24) is 10.3 Å². The Bertz CT molecular complexity index is 498. The normalized spacial score (nSPS) is 10.6. The second-order valence-corrected chi connectivity index (χ2v) is 4.60. The van der Waals surface area contributed by atoms with Crippen LogP contribution >= 0.6 is 11.3 Å². The summed E-state index contributed by atoms with van der Waals surface area (Å²) in [5, 5.41) is 5.14. The third-order valence-electron chi connectivity index (χ3n) is 2.34. The fourth-order valence-electron chi connectivity index (χ4n) is 1.45. The van der Waals surface area contributed by atoms with Gasteiger partial charge in [0.25, 0.3) is 0 Å². The average molecular weight is 234 g/mol. The van der Waals surface area contributed by atoms with Gasteiger partial charge < -0.3 is 10.3 Å². The van der Waals surface area contributed by atoms with Gasteiger partial charge in [0.1, 0.15) is 0 Å². The van der Waals surface area contributed by atoms with Crippen molar-refractivity contribution in [2.45, 2.75) is 20.0 Å². The lowest BCUT2D eigenvalue weighted by Gasteiger charge is -2.03. The molecule has 0 spiro atoms. The van der Waals surface area contributed by atoms with Gasteiger partial charge in [0.05, 0.1) is 0 Å². The molecule has 1 heterocycles. The van der Waals surface area contributed by atoms with E-state index in [1.165, 1.54) is 22.5 Å². The summed E-state index contributed by atoms with van der Waals surface area (Å²) in [5.74, 6) is 0. The van der Waals surface area contributed by atoms with Crippen LogP contribution in [0.5, 0.6) is 0 Å².